The number of likely N-dealkylation sites (N-methyl/N-ethyl adjacent to an activating group) is 1. The average molecular weight is 477 g/mol. The van der Waals surface area contributed by atoms with E-state index in [-0.39, 0.29) is 30.4 Å². The molecule has 3 rings (SSSR count). The number of carbonyl (C=O) groups excluding carboxylic acids is 3. The number of rotatable bonds is 9. The van der Waals surface area contributed by atoms with Crippen molar-refractivity contribution < 1.29 is 29.0 Å². The van der Waals surface area contributed by atoms with Gasteiger partial charge in [-0.05, 0) is 55.0 Å². The van der Waals surface area contributed by atoms with E-state index in [4.69, 9.17) is 9.47 Å². The smallest absolute Gasteiger partial charge is 0.340 e. The van der Waals surface area contributed by atoms with Gasteiger partial charge in [0.15, 0.2) is 6.61 Å². The SMILES string of the molecule is CCOC(=O)c1ccc(N(Cc2ccccc2)C(C)=O)cc1N(C)C(=O)COc1ccc(O)cc1. The van der Waals surface area contributed by atoms with Crippen LogP contribution in [0, 0.1) is 0 Å². The number of carbonyl (C=O) groups is 3. The maximum absolute atomic E-state index is 12.9. The number of ether oxygens (including phenoxy) is 2. The second-order valence-corrected chi connectivity index (χ2v) is 7.75. The lowest BCUT2D eigenvalue weighted by atomic mass is 10.1. The molecule has 2 amide bonds. The summed E-state index contributed by atoms with van der Waals surface area (Å²) in [5, 5.41) is 9.40. The molecule has 0 saturated carbocycles. The molecule has 0 atom stereocenters. The third kappa shape index (κ3) is 6.60. The van der Waals surface area contributed by atoms with Gasteiger partial charge >= 0.3 is 5.97 Å². The quantitative estimate of drug-likeness (QED) is 0.466. The highest BCUT2D eigenvalue weighted by Gasteiger charge is 2.23. The molecule has 1 N–H and O–H groups in total. The van der Waals surface area contributed by atoms with E-state index in [1.165, 1.54) is 31.0 Å². The van der Waals surface area contributed by atoms with E-state index in [1.54, 1.807) is 42.2 Å². The van der Waals surface area contributed by atoms with Crippen molar-refractivity contribution in [1.82, 2.24) is 0 Å². The monoisotopic (exact) mass is 476 g/mol. The van der Waals surface area contributed by atoms with Crippen LogP contribution >= 0.6 is 0 Å². The Balaban J connectivity index is 1.90. The Kier molecular flexibility index (Phi) is 8.45. The summed E-state index contributed by atoms with van der Waals surface area (Å²) in [7, 11) is 1.53. The molecule has 0 aliphatic rings. The molecule has 0 bridgehead atoms. The second-order valence-electron chi connectivity index (χ2n) is 7.75. The molecule has 0 unspecified atom stereocenters. The Labute approximate surface area is 204 Å². The van der Waals surface area contributed by atoms with Crippen LogP contribution < -0.4 is 14.5 Å². The van der Waals surface area contributed by atoms with E-state index in [1.807, 2.05) is 30.3 Å². The fourth-order valence-corrected chi connectivity index (χ4v) is 3.42. The van der Waals surface area contributed by atoms with Gasteiger partial charge < -0.3 is 24.4 Å². The minimum atomic E-state index is -0.578. The van der Waals surface area contributed by atoms with Crippen molar-refractivity contribution in [3.63, 3.8) is 0 Å². The van der Waals surface area contributed by atoms with Crippen LogP contribution in [0.5, 0.6) is 11.5 Å². The molecule has 8 nitrogen and oxygen atoms in total. The molecule has 35 heavy (non-hydrogen) atoms. The first kappa shape index (κ1) is 25.3. The minimum absolute atomic E-state index is 0.0854. The fourth-order valence-electron chi connectivity index (χ4n) is 3.42. The van der Waals surface area contributed by atoms with Crippen LogP contribution in [0.2, 0.25) is 0 Å². The van der Waals surface area contributed by atoms with Crippen molar-refractivity contribution in [3.05, 3.63) is 83.9 Å². The maximum Gasteiger partial charge on any atom is 0.340 e. The van der Waals surface area contributed by atoms with Crippen LogP contribution in [-0.2, 0) is 20.9 Å². The molecular formula is C27H28N2O6. The van der Waals surface area contributed by atoms with Crippen molar-refractivity contribution in [2.75, 3.05) is 30.1 Å². The zero-order valence-electron chi connectivity index (χ0n) is 19.9. The number of amides is 2. The van der Waals surface area contributed by atoms with Gasteiger partial charge in [-0.1, -0.05) is 30.3 Å². The summed E-state index contributed by atoms with van der Waals surface area (Å²) < 4.78 is 10.7. The van der Waals surface area contributed by atoms with Gasteiger partial charge in [0.25, 0.3) is 5.91 Å². The van der Waals surface area contributed by atoms with Gasteiger partial charge in [0.1, 0.15) is 11.5 Å². The number of hydrogen-bond donors (Lipinski definition) is 1. The Morgan fingerprint density at radius 3 is 2.26 bits per heavy atom. The zero-order chi connectivity index (χ0) is 25.4. The lowest BCUT2D eigenvalue weighted by Crippen LogP contribution is -2.33. The van der Waals surface area contributed by atoms with Crippen LogP contribution in [0.1, 0.15) is 29.8 Å². The van der Waals surface area contributed by atoms with Gasteiger partial charge in [0, 0.05) is 19.7 Å². The zero-order valence-corrected chi connectivity index (χ0v) is 19.9. The predicted molar refractivity (Wildman–Crippen MR) is 133 cm³/mol. The second kappa shape index (κ2) is 11.7. The number of nitrogens with zero attached hydrogens (tertiary/aromatic N) is 2. The predicted octanol–water partition coefficient (Wildman–Crippen LogP) is 4.16. The maximum atomic E-state index is 12.9. The molecule has 0 saturated heterocycles. The van der Waals surface area contributed by atoms with Crippen molar-refractivity contribution in [1.29, 1.82) is 0 Å². The number of benzene rings is 3. The number of aromatic hydroxyl groups is 1. The van der Waals surface area contributed by atoms with E-state index in [9.17, 15) is 19.5 Å². The number of hydrogen-bond acceptors (Lipinski definition) is 6. The lowest BCUT2D eigenvalue weighted by molar-refractivity contribution is -0.120. The van der Waals surface area contributed by atoms with Crippen LogP contribution in [0.3, 0.4) is 0 Å². The molecule has 8 heteroatoms. The number of anilines is 2. The standard InChI is InChI=1S/C27H28N2O6/c1-4-34-27(33)24-15-10-21(29(19(2)30)17-20-8-6-5-7-9-20)16-25(24)28(3)26(32)18-35-23-13-11-22(31)12-14-23/h5-16,31H,4,17-18H2,1-3H3. The number of esters is 1. The molecule has 0 aromatic heterocycles. The topological polar surface area (TPSA) is 96.4 Å². The van der Waals surface area contributed by atoms with Crippen LogP contribution in [-0.4, -0.2) is 43.2 Å². The Morgan fingerprint density at radius 2 is 1.63 bits per heavy atom. The first-order valence-corrected chi connectivity index (χ1v) is 11.1. The van der Waals surface area contributed by atoms with Gasteiger partial charge in [-0.15, -0.1) is 0 Å². The summed E-state index contributed by atoms with van der Waals surface area (Å²) in [5.41, 5.74) is 1.95. The molecule has 0 spiro atoms. The molecule has 0 aliphatic carbocycles. The summed E-state index contributed by atoms with van der Waals surface area (Å²) in [4.78, 5) is 40.9. The highest BCUT2D eigenvalue weighted by molar-refractivity contribution is 6.04. The van der Waals surface area contributed by atoms with E-state index in [2.05, 4.69) is 0 Å². The van der Waals surface area contributed by atoms with Crippen molar-refractivity contribution in [3.8, 4) is 11.5 Å². The molecule has 3 aromatic carbocycles. The van der Waals surface area contributed by atoms with Crippen molar-refractivity contribution in [2.24, 2.45) is 0 Å². The third-order valence-corrected chi connectivity index (χ3v) is 5.29. The summed E-state index contributed by atoms with van der Waals surface area (Å²) >= 11 is 0. The lowest BCUT2D eigenvalue weighted by Gasteiger charge is -2.25. The summed E-state index contributed by atoms with van der Waals surface area (Å²) in [5.74, 6) is -0.686. The molecule has 0 fully saturated rings. The number of phenolic OH excluding ortho intramolecular Hbond substituents is 1. The number of phenols is 1. The normalized spacial score (nSPS) is 10.4. The minimum Gasteiger partial charge on any atom is -0.508 e. The van der Waals surface area contributed by atoms with Gasteiger partial charge in [0.05, 0.1) is 24.4 Å². The van der Waals surface area contributed by atoms with Crippen LogP contribution in [0.15, 0.2) is 72.8 Å². The molecule has 3 aromatic rings. The van der Waals surface area contributed by atoms with Gasteiger partial charge in [-0.25, -0.2) is 4.79 Å². The van der Waals surface area contributed by atoms with Crippen LogP contribution in [0.25, 0.3) is 0 Å². The van der Waals surface area contributed by atoms with E-state index >= 15 is 0 Å². The fraction of sp³-hybridized carbons (Fsp3) is 0.222. The largest absolute Gasteiger partial charge is 0.508 e. The van der Waals surface area contributed by atoms with E-state index < -0.39 is 11.9 Å². The molecule has 0 heterocycles. The summed E-state index contributed by atoms with van der Waals surface area (Å²) in [6.45, 7) is 3.37. The Morgan fingerprint density at radius 1 is 0.943 bits per heavy atom. The highest BCUT2D eigenvalue weighted by Crippen LogP contribution is 2.29. The summed E-state index contributed by atoms with van der Waals surface area (Å²) in [6.07, 6.45) is 0. The van der Waals surface area contributed by atoms with E-state index in [0.717, 1.165) is 5.56 Å². The third-order valence-electron chi connectivity index (χ3n) is 5.29. The summed E-state index contributed by atoms with van der Waals surface area (Å²) in [6, 6.07) is 20.3. The first-order valence-electron chi connectivity index (χ1n) is 11.1. The molecule has 182 valence electrons. The van der Waals surface area contributed by atoms with Crippen LogP contribution in [0.4, 0.5) is 11.4 Å². The van der Waals surface area contributed by atoms with Crippen molar-refractivity contribution >= 4 is 29.2 Å². The molecule has 0 radical (unpaired) electrons. The van der Waals surface area contributed by atoms with Gasteiger partial charge in [-0.3, -0.25) is 9.59 Å². The average Bonchev–Trinajstić information content (AvgIpc) is 2.86. The highest BCUT2D eigenvalue weighted by atomic mass is 16.5. The van der Waals surface area contributed by atoms with Crippen molar-refractivity contribution in [2.45, 2.75) is 20.4 Å². The molecular weight excluding hydrogens is 448 g/mol. The Bertz CT molecular complexity index is 1180. The Hall–Kier alpha value is -4.33. The molecule has 0 aliphatic heterocycles. The van der Waals surface area contributed by atoms with Gasteiger partial charge in [-0.2, -0.15) is 0 Å². The van der Waals surface area contributed by atoms with E-state index in [0.29, 0.717) is 23.7 Å². The first-order chi connectivity index (χ1) is 16.8. The van der Waals surface area contributed by atoms with Gasteiger partial charge in [0.2, 0.25) is 5.91 Å².